The first kappa shape index (κ1) is 14.4. The van der Waals surface area contributed by atoms with Crippen LogP contribution in [-0.2, 0) is 0 Å². The minimum absolute atomic E-state index is 0.572. The van der Waals surface area contributed by atoms with E-state index in [9.17, 15) is 4.79 Å². The van der Waals surface area contributed by atoms with Crippen LogP contribution in [0.2, 0.25) is 5.02 Å². The number of benzene rings is 1. The summed E-state index contributed by atoms with van der Waals surface area (Å²) in [6.45, 7) is 5.43. The van der Waals surface area contributed by atoms with Gasteiger partial charge in [-0.15, -0.1) is 0 Å². The van der Waals surface area contributed by atoms with Crippen molar-refractivity contribution >= 4 is 23.6 Å². The van der Waals surface area contributed by atoms with Crippen LogP contribution in [0.15, 0.2) is 18.2 Å². The fraction of sp³-hybridized carbons (Fsp3) is 0.562. The average molecular weight is 280 g/mol. The molecule has 2 nitrogen and oxygen atoms in total. The molecule has 104 valence electrons. The Balaban J connectivity index is 2.33. The number of carbonyl (C=O) groups is 1. The number of anilines is 1. The summed E-state index contributed by atoms with van der Waals surface area (Å²) in [6.07, 6.45) is 5.97. The van der Waals surface area contributed by atoms with Gasteiger partial charge in [0.15, 0.2) is 6.29 Å². The number of hydrogen-bond acceptors (Lipinski definition) is 2. The third kappa shape index (κ3) is 3.50. The molecule has 1 saturated carbocycles. The summed E-state index contributed by atoms with van der Waals surface area (Å²) in [5, 5.41) is 0.627. The van der Waals surface area contributed by atoms with Crippen molar-refractivity contribution in [2.75, 3.05) is 11.4 Å². The molecule has 3 heteroatoms. The second-order valence-electron chi connectivity index (χ2n) is 5.81. The van der Waals surface area contributed by atoms with E-state index in [0.717, 1.165) is 18.5 Å². The molecule has 0 radical (unpaired) electrons. The summed E-state index contributed by atoms with van der Waals surface area (Å²) < 4.78 is 0. The molecule has 0 bridgehead atoms. The number of carbonyl (C=O) groups excluding carboxylic acids is 1. The molecule has 1 fully saturated rings. The van der Waals surface area contributed by atoms with Gasteiger partial charge in [-0.05, 0) is 37.0 Å². The largest absolute Gasteiger partial charge is 0.368 e. The number of halogens is 1. The number of nitrogens with zero attached hydrogens (tertiary/aromatic N) is 1. The molecule has 0 spiro atoms. The van der Waals surface area contributed by atoms with Gasteiger partial charge in [0.1, 0.15) is 0 Å². The van der Waals surface area contributed by atoms with Crippen LogP contribution in [0.1, 0.15) is 49.9 Å². The minimum atomic E-state index is 0.572. The lowest BCUT2D eigenvalue weighted by Gasteiger charge is -2.33. The predicted molar refractivity (Wildman–Crippen MR) is 81.3 cm³/mol. The highest BCUT2D eigenvalue weighted by atomic mass is 35.5. The zero-order valence-corrected chi connectivity index (χ0v) is 12.5. The summed E-state index contributed by atoms with van der Waals surface area (Å²) in [4.78, 5) is 13.7. The second-order valence-corrected chi connectivity index (χ2v) is 6.24. The summed E-state index contributed by atoms with van der Waals surface area (Å²) in [6, 6.07) is 6.22. The molecule has 0 unspecified atom stereocenters. The second kappa shape index (κ2) is 6.42. The van der Waals surface area contributed by atoms with Crippen molar-refractivity contribution in [3.05, 3.63) is 28.8 Å². The van der Waals surface area contributed by atoms with E-state index in [0.29, 0.717) is 22.5 Å². The van der Waals surface area contributed by atoms with Crippen LogP contribution in [0.4, 0.5) is 5.69 Å². The molecule has 0 saturated heterocycles. The maximum atomic E-state index is 11.3. The van der Waals surface area contributed by atoms with Crippen LogP contribution in [-0.4, -0.2) is 18.9 Å². The first-order chi connectivity index (χ1) is 9.11. The lowest BCUT2D eigenvalue weighted by Crippen LogP contribution is -2.37. The van der Waals surface area contributed by atoms with Crippen molar-refractivity contribution in [2.24, 2.45) is 5.92 Å². The zero-order chi connectivity index (χ0) is 13.8. The van der Waals surface area contributed by atoms with E-state index < -0.39 is 0 Å². The fourth-order valence-corrected chi connectivity index (χ4v) is 3.12. The van der Waals surface area contributed by atoms with Crippen molar-refractivity contribution in [2.45, 2.75) is 45.6 Å². The summed E-state index contributed by atoms with van der Waals surface area (Å²) >= 11 is 5.99. The van der Waals surface area contributed by atoms with Gasteiger partial charge in [0.25, 0.3) is 0 Å². The first-order valence-electron chi connectivity index (χ1n) is 7.13. The van der Waals surface area contributed by atoms with E-state index in [-0.39, 0.29) is 0 Å². The van der Waals surface area contributed by atoms with E-state index >= 15 is 0 Å². The molecule has 0 N–H and O–H groups in total. The Bertz CT molecular complexity index is 438. The van der Waals surface area contributed by atoms with Gasteiger partial charge in [-0.25, -0.2) is 0 Å². The van der Waals surface area contributed by atoms with Crippen molar-refractivity contribution in [3.8, 4) is 0 Å². The molecule has 19 heavy (non-hydrogen) atoms. The van der Waals surface area contributed by atoms with Gasteiger partial charge in [-0.2, -0.15) is 0 Å². The minimum Gasteiger partial charge on any atom is -0.368 e. The lowest BCUT2D eigenvalue weighted by atomic mass is 10.1. The first-order valence-corrected chi connectivity index (χ1v) is 7.51. The molecule has 0 aliphatic heterocycles. The molecule has 1 aromatic carbocycles. The third-order valence-electron chi connectivity index (χ3n) is 3.75. The van der Waals surface area contributed by atoms with Crippen LogP contribution < -0.4 is 4.90 Å². The van der Waals surface area contributed by atoms with Crippen LogP contribution in [0.25, 0.3) is 0 Å². The van der Waals surface area contributed by atoms with E-state index in [4.69, 9.17) is 11.6 Å². The van der Waals surface area contributed by atoms with E-state index in [1.807, 2.05) is 12.1 Å². The Kier molecular flexibility index (Phi) is 4.87. The number of hydrogen-bond donors (Lipinski definition) is 0. The van der Waals surface area contributed by atoms with Gasteiger partial charge in [0.2, 0.25) is 0 Å². The topological polar surface area (TPSA) is 20.3 Å². The standard InChI is InChI=1S/C16H22ClNO/c1-12(2)10-18(15-5-3-4-6-15)16-8-7-14(17)9-13(16)11-19/h7-9,11-12,15H,3-6,10H2,1-2H3. The van der Waals surface area contributed by atoms with Crippen LogP contribution in [0.5, 0.6) is 0 Å². The molecular weight excluding hydrogens is 258 g/mol. The predicted octanol–water partition coefficient (Wildman–Crippen LogP) is 4.56. The quantitative estimate of drug-likeness (QED) is 0.737. The summed E-state index contributed by atoms with van der Waals surface area (Å²) in [5.74, 6) is 0.579. The molecule has 1 aliphatic rings. The maximum absolute atomic E-state index is 11.3. The average Bonchev–Trinajstić information content (AvgIpc) is 2.89. The Morgan fingerprint density at radius 3 is 2.63 bits per heavy atom. The third-order valence-corrected chi connectivity index (χ3v) is 3.99. The zero-order valence-electron chi connectivity index (χ0n) is 11.7. The van der Waals surface area contributed by atoms with Gasteiger partial charge in [0, 0.05) is 28.9 Å². The Morgan fingerprint density at radius 2 is 2.05 bits per heavy atom. The van der Waals surface area contributed by atoms with E-state index in [1.165, 1.54) is 25.7 Å². The number of aldehydes is 1. The monoisotopic (exact) mass is 279 g/mol. The fourth-order valence-electron chi connectivity index (χ4n) is 2.93. The van der Waals surface area contributed by atoms with Crippen molar-refractivity contribution in [1.82, 2.24) is 0 Å². The van der Waals surface area contributed by atoms with E-state index in [2.05, 4.69) is 18.7 Å². The Hall–Kier alpha value is -1.02. The van der Waals surface area contributed by atoms with E-state index in [1.54, 1.807) is 6.07 Å². The van der Waals surface area contributed by atoms with Crippen LogP contribution >= 0.6 is 11.6 Å². The highest BCUT2D eigenvalue weighted by Gasteiger charge is 2.25. The van der Waals surface area contributed by atoms with Crippen LogP contribution in [0.3, 0.4) is 0 Å². The van der Waals surface area contributed by atoms with Gasteiger partial charge in [0.05, 0.1) is 0 Å². The molecule has 2 rings (SSSR count). The summed E-state index contributed by atoms with van der Waals surface area (Å²) in [7, 11) is 0. The Labute approximate surface area is 120 Å². The SMILES string of the molecule is CC(C)CN(c1ccc(Cl)cc1C=O)C1CCCC1. The Morgan fingerprint density at radius 1 is 1.37 bits per heavy atom. The highest BCUT2D eigenvalue weighted by molar-refractivity contribution is 6.31. The smallest absolute Gasteiger partial charge is 0.152 e. The van der Waals surface area contributed by atoms with Gasteiger partial charge < -0.3 is 4.90 Å². The molecular formula is C16H22ClNO. The van der Waals surface area contributed by atoms with Gasteiger partial charge in [-0.1, -0.05) is 38.3 Å². The van der Waals surface area contributed by atoms with Crippen molar-refractivity contribution in [1.29, 1.82) is 0 Å². The highest BCUT2D eigenvalue weighted by Crippen LogP contribution is 2.32. The number of rotatable bonds is 5. The molecule has 0 heterocycles. The molecule has 1 aliphatic carbocycles. The molecule has 0 atom stereocenters. The lowest BCUT2D eigenvalue weighted by molar-refractivity contribution is 0.112. The molecule has 0 amide bonds. The van der Waals surface area contributed by atoms with Gasteiger partial charge >= 0.3 is 0 Å². The van der Waals surface area contributed by atoms with Crippen LogP contribution in [0, 0.1) is 5.92 Å². The van der Waals surface area contributed by atoms with Crippen molar-refractivity contribution < 1.29 is 4.79 Å². The maximum Gasteiger partial charge on any atom is 0.152 e. The molecule has 0 aromatic heterocycles. The summed E-state index contributed by atoms with van der Waals surface area (Å²) in [5.41, 5.74) is 1.75. The van der Waals surface area contributed by atoms with Crippen molar-refractivity contribution in [3.63, 3.8) is 0 Å². The molecule has 1 aromatic rings. The normalized spacial score (nSPS) is 16.0. The van der Waals surface area contributed by atoms with Gasteiger partial charge in [-0.3, -0.25) is 4.79 Å².